The molecule has 0 radical (unpaired) electrons. The van der Waals surface area contributed by atoms with E-state index in [4.69, 9.17) is 4.74 Å². The van der Waals surface area contributed by atoms with Crippen LogP contribution in [0.1, 0.15) is 49.0 Å². The maximum absolute atomic E-state index is 12.1. The number of carbonyl (C=O) groups is 2. The Bertz CT molecular complexity index is 594. The van der Waals surface area contributed by atoms with Crippen LogP contribution in [0.2, 0.25) is 0 Å². The van der Waals surface area contributed by atoms with Crippen molar-refractivity contribution in [2.45, 2.75) is 38.7 Å². The van der Waals surface area contributed by atoms with E-state index in [1.807, 2.05) is 32.9 Å². The summed E-state index contributed by atoms with van der Waals surface area (Å²) in [4.78, 5) is 24.8. The summed E-state index contributed by atoms with van der Waals surface area (Å²) in [7, 11) is 0. The number of benzene rings is 1. The van der Waals surface area contributed by atoms with E-state index in [2.05, 4.69) is 15.9 Å². The molecule has 1 fully saturated rings. The number of hydrogen-bond acceptors (Lipinski definition) is 3. The molecule has 1 amide bonds. The molecule has 1 heterocycles. The first-order valence-electron chi connectivity index (χ1n) is 8.08. The van der Waals surface area contributed by atoms with Crippen molar-refractivity contribution in [2.75, 3.05) is 18.4 Å². The Balaban J connectivity index is 2.15. The van der Waals surface area contributed by atoms with Crippen LogP contribution >= 0.6 is 15.9 Å². The van der Waals surface area contributed by atoms with Crippen molar-refractivity contribution in [3.8, 4) is 0 Å². The van der Waals surface area contributed by atoms with Gasteiger partial charge in [0, 0.05) is 24.3 Å². The number of halogens is 1. The van der Waals surface area contributed by atoms with Crippen LogP contribution in [0.15, 0.2) is 24.3 Å². The van der Waals surface area contributed by atoms with Crippen LogP contribution < -0.4 is 0 Å². The Labute approximate surface area is 151 Å². The van der Waals surface area contributed by atoms with Crippen LogP contribution in [0.3, 0.4) is 0 Å². The maximum atomic E-state index is 12.1. The molecule has 2 rings (SSSR count). The number of ether oxygens (including phenoxy) is 1. The molecular formula is C18H24BrNO4. The van der Waals surface area contributed by atoms with Gasteiger partial charge in [-0.25, -0.2) is 9.59 Å². The zero-order valence-electron chi connectivity index (χ0n) is 14.3. The van der Waals surface area contributed by atoms with Gasteiger partial charge in [0.1, 0.15) is 5.60 Å². The number of alkyl halides is 1. The second-order valence-electron chi connectivity index (χ2n) is 7.16. The first-order valence-corrected chi connectivity index (χ1v) is 9.20. The molecule has 132 valence electrons. The van der Waals surface area contributed by atoms with E-state index in [9.17, 15) is 14.7 Å². The van der Waals surface area contributed by atoms with Gasteiger partial charge in [-0.05, 0) is 50.8 Å². The van der Waals surface area contributed by atoms with Gasteiger partial charge in [0.25, 0.3) is 0 Å². The molecule has 6 heteroatoms. The number of carbonyl (C=O) groups excluding carboxylic acids is 1. The summed E-state index contributed by atoms with van der Waals surface area (Å²) < 4.78 is 5.37. The lowest BCUT2D eigenvalue weighted by atomic mass is 9.82. The fourth-order valence-corrected chi connectivity index (χ4v) is 3.72. The average molecular weight is 398 g/mol. The quantitative estimate of drug-likeness (QED) is 0.615. The van der Waals surface area contributed by atoms with Crippen LogP contribution in [0.4, 0.5) is 4.79 Å². The molecular weight excluding hydrogens is 374 g/mol. The number of piperidine rings is 1. The highest BCUT2D eigenvalue weighted by atomic mass is 79.9. The first-order chi connectivity index (χ1) is 11.2. The van der Waals surface area contributed by atoms with E-state index in [-0.39, 0.29) is 11.9 Å². The van der Waals surface area contributed by atoms with E-state index in [1.165, 1.54) is 4.90 Å². The van der Waals surface area contributed by atoms with Crippen molar-refractivity contribution in [2.24, 2.45) is 5.92 Å². The molecule has 0 spiro atoms. The summed E-state index contributed by atoms with van der Waals surface area (Å²) in [6, 6.07) is 7.33. The molecule has 0 aliphatic carbocycles. The fourth-order valence-electron chi connectivity index (χ4n) is 2.94. The van der Waals surface area contributed by atoms with E-state index in [0.717, 1.165) is 17.3 Å². The number of likely N-dealkylation sites (tertiary alicyclic amines) is 1. The molecule has 0 saturated carbocycles. The third-order valence-corrected chi connectivity index (χ3v) is 5.03. The van der Waals surface area contributed by atoms with Crippen molar-refractivity contribution in [3.05, 3.63) is 35.4 Å². The summed E-state index contributed by atoms with van der Waals surface area (Å²) in [6.07, 6.45) is -0.0471. The average Bonchev–Trinajstić information content (AvgIpc) is 2.52. The fraction of sp³-hybridized carbons (Fsp3) is 0.556. The Kier molecular flexibility index (Phi) is 5.91. The summed E-state index contributed by atoms with van der Waals surface area (Å²) in [5.41, 5.74) is 1.04. The number of rotatable bonds is 3. The lowest BCUT2D eigenvalue weighted by molar-refractivity contribution is 0.00694. The predicted molar refractivity (Wildman–Crippen MR) is 95.9 cm³/mol. The largest absolute Gasteiger partial charge is 0.465 e. The van der Waals surface area contributed by atoms with Crippen LogP contribution in [0.25, 0.3) is 0 Å². The molecule has 0 bridgehead atoms. The topological polar surface area (TPSA) is 66.8 Å². The molecule has 1 N–H and O–H groups in total. The van der Waals surface area contributed by atoms with Crippen molar-refractivity contribution < 1.29 is 19.4 Å². The Morgan fingerprint density at radius 1 is 1.29 bits per heavy atom. The molecule has 1 aromatic rings. The smallest absolute Gasteiger partial charge is 0.407 e. The predicted octanol–water partition coefficient (Wildman–Crippen LogP) is 4.12. The second kappa shape index (κ2) is 7.55. The Morgan fingerprint density at radius 2 is 1.92 bits per heavy atom. The van der Waals surface area contributed by atoms with Gasteiger partial charge in [0.15, 0.2) is 0 Å². The monoisotopic (exact) mass is 397 g/mol. The van der Waals surface area contributed by atoms with Crippen molar-refractivity contribution in [1.29, 1.82) is 0 Å². The zero-order chi connectivity index (χ0) is 17.9. The minimum Gasteiger partial charge on any atom is -0.465 e. The Morgan fingerprint density at radius 3 is 2.42 bits per heavy atom. The van der Waals surface area contributed by atoms with Gasteiger partial charge < -0.3 is 14.7 Å². The molecule has 1 saturated heterocycles. The van der Waals surface area contributed by atoms with E-state index < -0.39 is 11.7 Å². The standard InChI is InChI=1S/C18H24BrNO4/c1-18(2,3)24-16(21)13-6-4-12(5-7-13)15-11-20(17(22)23)9-8-14(15)10-19/h4-7,14-15H,8-11H2,1-3H3,(H,22,23)/t14-,15-/m0/s1. The minimum atomic E-state index is -0.876. The summed E-state index contributed by atoms with van der Waals surface area (Å²) in [5.74, 6) is 0.164. The number of nitrogens with zero attached hydrogens (tertiary/aromatic N) is 1. The van der Waals surface area contributed by atoms with E-state index >= 15 is 0 Å². The van der Waals surface area contributed by atoms with Crippen LogP contribution in [-0.2, 0) is 4.74 Å². The minimum absolute atomic E-state index is 0.127. The number of esters is 1. The van der Waals surface area contributed by atoms with Gasteiger partial charge in [-0.15, -0.1) is 0 Å². The van der Waals surface area contributed by atoms with Crippen LogP contribution in [0.5, 0.6) is 0 Å². The van der Waals surface area contributed by atoms with Crippen molar-refractivity contribution in [3.63, 3.8) is 0 Å². The molecule has 1 aliphatic rings. The van der Waals surface area contributed by atoms with Gasteiger partial charge in [0.05, 0.1) is 5.56 Å². The van der Waals surface area contributed by atoms with Crippen molar-refractivity contribution >= 4 is 28.0 Å². The highest BCUT2D eigenvalue weighted by Gasteiger charge is 2.32. The summed E-state index contributed by atoms with van der Waals surface area (Å²) >= 11 is 3.54. The SMILES string of the molecule is CC(C)(C)OC(=O)c1ccc([C@@H]2CN(C(=O)O)CC[C@H]2CBr)cc1. The van der Waals surface area contributed by atoms with Gasteiger partial charge >= 0.3 is 12.1 Å². The van der Waals surface area contributed by atoms with Gasteiger partial charge in [0.2, 0.25) is 0 Å². The van der Waals surface area contributed by atoms with E-state index in [1.54, 1.807) is 12.1 Å². The number of amides is 1. The number of carboxylic acid groups (broad SMARTS) is 1. The normalized spacial score (nSPS) is 21.4. The zero-order valence-corrected chi connectivity index (χ0v) is 15.9. The molecule has 24 heavy (non-hydrogen) atoms. The molecule has 5 nitrogen and oxygen atoms in total. The second-order valence-corrected chi connectivity index (χ2v) is 7.81. The maximum Gasteiger partial charge on any atom is 0.407 e. The van der Waals surface area contributed by atoms with Gasteiger partial charge in [-0.1, -0.05) is 28.1 Å². The molecule has 0 aromatic heterocycles. The van der Waals surface area contributed by atoms with Crippen molar-refractivity contribution in [1.82, 2.24) is 4.90 Å². The third-order valence-electron chi connectivity index (χ3n) is 4.20. The number of hydrogen-bond donors (Lipinski definition) is 1. The summed E-state index contributed by atoms with van der Waals surface area (Å²) in [6.45, 7) is 6.56. The molecule has 1 aliphatic heterocycles. The van der Waals surface area contributed by atoms with Crippen LogP contribution in [-0.4, -0.2) is 46.1 Å². The lowest BCUT2D eigenvalue weighted by Gasteiger charge is -2.36. The molecule has 0 unspecified atom stereocenters. The first kappa shape index (κ1) is 18.8. The highest BCUT2D eigenvalue weighted by molar-refractivity contribution is 9.09. The van der Waals surface area contributed by atoms with Gasteiger partial charge in [-0.3, -0.25) is 0 Å². The Hall–Kier alpha value is -1.56. The highest BCUT2D eigenvalue weighted by Crippen LogP contribution is 2.34. The molecule has 2 atom stereocenters. The van der Waals surface area contributed by atoms with Crippen LogP contribution in [0, 0.1) is 5.92 Å². The van der Waals surface area contributed by atoms with E-state index in [0.29, 0.717) is 24.6 Å². The van der Waals surface area contributed by atoms with Gasteiger partial charge in [-0.2, -0.15) is 0 Å². The third kappa shape index (κ3) is 4.72. The lowest BCUT2D eigenvalue weighted by Crippen LogP contribution is -2.42. The molecule has 1 aromatic carbocycles. The summed E-state index contributed by atoms with van der Waals surface area (Å²) in [5, 5.41) is 10.1.